The molecule has 18 heavy (non-hydrogen) atoms. The number of benzene rings is 1. The van der Waals surface area contributed by atoms with E-state index in [2.05, 4.69) is 24.2 Å². The van der Waals surface area contributed by atoms with Crippen molar-refractivity contribution in [2.45, 2.75) is 13.0 Å². The van der Waals surface area contributed by atoms with E-state index in [9.17, 15) is 5.11 Å². The van der Waals surface area contributed by atoms with Crippen molar-refractivity contribution in [2.24, 2.45) is 0 Å². The van der Waals surface area contributed by atoms with E-state index in [4.69, 9.17) is 4.74 Å². The van der Waals surface area contributed by atoms with Gasteiger partial charge in [-0.1, -0.05) is 18.2 Å². The molecule has 0 saturated carbocycles. The molecule has 1 atom stereocenters. The smallest absolute Gasteiger partial charge is 0.120 e. The fraction of sp³-hybridized carbons (Fsp3) is 0.571. The van der Waals surface area contributed by atoms with Crippen molar-refractivity contribution in [3.8, 4) is 5.75 Å². The van der Waals surface area contributed by atoms with Crippen LogP contribution in [0.2, 0.25) is 0 Å². The number of likely N-dealkylation sites (N-methyl/N-ethyl adjacent to an activating group) is 1. The van der Waals surface area contributed by atoms with Gasteiger partial charge in [0.05, 0.1) is 6.61 Å². The summed E-state index contributed by atoms with van der Waals surface area (Å²) in [6, 6.07) is 7.60. The summed E-state index contributed by atoms with van der Waals surface area (Å²) in [6.45, 7) is 5.59. The fourth-order valence-corrected chi connectivity index (χ4v) is 1.79. The van der Waals surface area contributed by atoms with Crippen LogP contribution in [0, 0.1) is 0 Å². The Morgan fingerprint density at radius 3 is 2.72 bits per heavy atom. The predicted octanol–water partition coefficient (Wildman–Crippen LogP) is 1.62. The monoisotopic (exact) mass is 252 g/mol. The highest BCUT2D eigenvalue weighted by molar-refractivity contribution is 5.34. The third-order valence-corrected chi connectivity index (χ3v) is 3.02. The molecular weight excluding hydrogens is 228 g/mol. The Balaban J connectivity index is 2.29. The summed E-state index contributed by atoms with van der Waals surface area (Å²) in [6.07, 6.45) is 0. The lowest BCUT2D eigenvalue weighted by Gasteiger charge is -2.19. The van der Waals surface area contributed by atoms with Crippen molar-refractivity contribution >= 4 is 0 Å². The van der Waals surface area contributed by atoms with Crippen LogP contribution in [0.15, 0.2) is 24.3 Å². The number of rotatable bonds is 8. The van der Waals surface area contributed by atoms with Crippen molar-refractivity contribution in [2.75, 3.05) is 40.4 Å². The molecule has 0 saturated heterocycles. The molecule has 0 heterocycles. The highest BCUT2D eigenvalue weighted by Gasteiger charge is 2.08. The van der Waals surface area contributed by atoms with Gasteiger partial charge in [-0.05, 0) is 20.0 Å². The van der Waals surface area contributed by atoms with E-state index in [0.29, 0.717) is 5.75 Å². The lowest BCUT2D eigenvalue weighted by molar-refractivity contribution is 0.161. The van der Waals surface area contributed by atoms with Gasteiger partial charge in [0.1, 0.15) is 5.75 Å². The first-order valence-electron chi connectivity index (χ1n) is 6.34. The molecule has 1 aromatic rings. The summed E-state index contributed by atoms with van der Waals surface area (Å²) in [5.74, 6) is 0.352. The van der Waals surface area contributed by atoms with Gasteiger partial charge in [-0.15, -0.1) is 0 Å². The van der Waals surface area contributed by atoms with E-state index < -0.39 is 0 Å². The maximum atomic E-state index is 9.74. The molecule has 1 rings (SSSR count). The lowest BCUT2D eigenvalue weighted by atomic mass is 10.1. The second kappa shape index (κ2) is 8.08. The van der Waals surface area contributed by atoms with Crippen molar-refractivity contribution < 1.29 is 9.84 Å². The summed E-state index contributed by atoms with van der Waals surface area (Å²) in [4.78, 5) is 2.22. The maximum absolute atomic E-state index is 9.74. The number of ether oxygens (including phenoxy) is 1. The quantitative estimate of drug-likeness (QED) is 0.738. The van der Waals surface area contributed by atoms with Gasteiger partial charge < -0.3 is 20.1 Å². The molecule has 0 radical (unpaired) electrons. The van der Waals surface area contributed by atoms with Crippen molar-refractivity contribution in [1.29, 1.82) is 0 Å². The van der Waals surface area contributed by atoms with E-state index in [1.165, 1.54) is 0 Å². The standard InChI is InChI=1S/C14H24N2O2/c1-12(13-6-4-5-7-14(13)17)15-8-9-16(2)10-11-18-3/h4-7,12,15,17H,8-11H2,1-3H3. The number of hydrogen-bond acceptors (Lipinski definition) is 4. The van der Waals surface area contributed by atoms with Gasteiger partial charge in [0.2, 0.25) is 0 Å². The molecule has 0 aliphatic rings. The normalized spacial score (nSPS) is 12.9. The summed E-state index contributed by atoms with van der Waals surface area (Å²) in [7, 11) is 3.79. The molecule has 0 amide bonds. The van der Waals surface area contributed by atoms with Crippen LogP contribution in [0.3, 0.4) is 0 Å². The van der Waals surface area contributed by atoms with Crippen LogP contribution in [0.25, 0.3) is 0 Å². The van der Waals surface area contributed by atoms with Gasteiger partial charge in [-0.25, -0.2) is 0 Å². The third kappa shape index (κ3) is 5.04. The molecule has 4 nitrogen and oxygen atoms in total. The molecule has 0 aliphatic heterocycles. The molecule has 2 N–H and O–H groups in total. The lowest BCUT2D eigenvalue weighted by Crippen LogP contribution is -2.32. The number of phenols is 1. The number of para-hydroxylation sites is 1. The zero-order chi connectivity index (χ0) is 13.4. The predicted molar refractivity (Wildman–Crippen MR) is 73.9 cm³/mol. The zero-order valence-corrected chi connectivity index (χ0v) is 11.5. The van der Waals surface area contributed by atoms with Crippen molar-refractivity contribution in [3.63, 3.8) is 0 Å². The molecular formula is C14H24N2O2. The minimum atomic E-state index is 0.155. The van der Waals surface area contributed by atoms with Gasteiger partial charge in [-0.2, -0.15) is 0 Å². The average molecular weight is 252 g/mol. The van der Waals surface area contributed by atoms with Gasteiger partial charge in [0.25, 0.3) is 0 Å². The largest absolute Gasteiger partial charge is 0.508 e. The Bertz CT molecular complexity index is 344. The van der Waals surface area contributed by atoms with Crippen LogP contribution in [-0.2, 0) is 4.74 Å². The fourth-order valence-electron chi connectivity index (χ4n) is 1.79. The Hall–Kier alpha value is -1.10. The van der Waals surface area contributed by atoms with Gasteiger partial charge in [0.15, 0.2) is 0 Å². The van der Waals surface area contributed by atoms with E-state index >= 15 is 0 Å². The second-order valence-corrected chi connectivity index (χ2v) is 4.53. The van der Waals surface area contributed by atoms with Gasteiger partial charge in [0, 0.05) is 38.3 Å². The summed E-state index contributed by atoms with van der Waals surface area (Å²) in [5.41, 5.74) is 0.942. The highest BCUT2D eigenvalue weighted by atomic mass is 16.5. The molecule has 1 unspecified atom stereocenters. The SMILES string of the molecule is COCCN(C)CCNC(C)c1ccccc1O. The number of phenolic OH excluding ortho intramolecular Hbond substituents is 1. The molecule has 0 spiro atoms. The van der Waals surface area contributed by atoms with Crippen LogP contribution in [0.1, 0.15) is 18.5 Å². The first-order chi connectivity index (χ1) is 8.65. The maximum Gasteiger partial charge on any atom is 0.120 e. The van der Waals surface area contributed by atoms with Crippen molar-refractivity contribution in [3.05, 3.63) is 29.8 Å². The van der Waals surface area contributed by atoms with E-state index in [1.54, 1.807) is 13.2 Å². The van der Waals surface area contributed by atoms with E-state index in [0.717, 1.165) is 31.8 Å². The molecule has 102 valence electrons. The Kier molecular flexibility index (Phi) is 6.72. The van der Waals surface area contributed by atoms with Crippen LogP contribution in [0.5, 0.6) is 5.75 Å². The minimum absolute atomic E-state index is 0.155. The van der Waals surface area contributed by atoms with Crippen LogP contribution in [0.4, 0.5) is 0 Å². The number of nitrogens with one attached hydrogen (secondary N) is 1. The number of hydrogen-bond donors (Lipinski definition) is 2. The van der Waals surface area contributed by atoms with Crippen molar-refractivity contribution in [1.82, 2.24) is 10.2 Å². The third-order valence-electron chi connectivity index (χ3n) is 3.02. The van der Waals surface area contributed by atoms with Crippen LogP contribution < -0.4 is 5.32 Å². The molecule has 0 fully saturated rings. The van der Waals surface area contributed by atoms with Gasteiger partial charge in [-0.3, -0.25) is 0 Å². The van der Waals surface area contributed by atoms with Gasteiger partial charge >= 0.3 is 0 Å². The number of aromatic hydroxyl groups is 1. The van der Waals surface area contributed by atoms with Crippen LogP contribution >= 0.6 is 0 Å². The Morgan fingerprint density at radius 2 is 2.06 bits per heavy atom. The summed E-state index contributed by atoms with van der Waals surface area (Å²) in [5, 5.41) is 13.1. The number of methoxy groups -OCH3 is 1. The molecule has 4 heteroatoms. The highest BCUT2D eigenvalue weighted by Crippen LogP contribution is 2.22. The van der Waals surface area contributed by atoms with E-state index in [-0.39, 0.29) is 6.04 Å². The second-order valence-electron chi connectivity index (χ2n) is 4.53. The van der Waals surface area contributed by atoms with Crippen LogP contribution in [-0.4, -0.2) is 50.4 Å². The van der Waals surface area contributed by atoms with E-state index in [1.807, 2.05) is 18.2 Å². The zero-order valence-electron chi connectivity index (χ0n) is 11.5. The average Bonchev–Trinajstić information content (AvgIpc) is 2.36. The summed E-state index contributed by atoms with van der Waals surface area (Å²) < 4.78 is 5.03. The number of nitrogens with zero attached hydrogens (tertiary/aromatic N) is 1. The summed E-state index contributed by atoms with van der Waals surface area (Å²) >= 11 is 0. The molecule has 1 aromatic carbocycles. The Morgan fingerprint density at radius 1 is 1.33 bits per heavy atom. The molecule has 0 bridgehead atoms. The minimum Gasteiger partial charge on any atom is -0.508 e. The first kappa shape index (κ1) is 15.0. The topological polar surface area (TPSA) is 44.7 Å². The first-order valence-corrected chi connectivity index (χ1v) is 6.34. The molecule has 0 aliphatic carbocycles. The Labute approximate surface area is 110 Å². The molecule has 0 aromatic heterocycles.